The molecule has 1 rings (SSSR count). The second-order valence-electron chi connectivity index (χ2n) is 3.89. The minimum absolute atomic E-state index is 0.0971. The van der Waals surface area contributed by atoms with Gasteiger partial charge in [-0.3, -0.25) is 4.79 Å². The lowest BCUT2D eigenvalue weighted by Gasteiger charge is -2.14. The second kappa shape index (κ2) is 7.51. The van der Waals surface area contributed by atoms with E-state index in [1.165, 1.54) is 12.5 Å². The van der Waals surface area contributed by atoms with Crippen molar-refractivity contribution in [1.82, 2.24) is 0 Å². The van der Waals surface area contributed by atoms with E-state index in [0.717, 1.165) is 12.8 Å². The summed E-state index contributed by atoms with van der Waals surface area (Å²) in [6.07, 6.45) is 2.24. The Hall–Kier alpha value is -1.75. The summed E-state index contributed by atoms with van der Waals surface area (Å²) in [4.78, 5) is 11.0. The van der Waals surface area contributed by atoms with Gasteiger partial charge in [-0.05, 0) is 25.3 Å². The topological polar surface area (TPSA) is 26.3 Å². The molecule has 0 heterocycles. The molecule has 2 nitrogen and oxygen atoms in total. The fourth-order valence-corrected chi connectivity index (χ4v) is 1.63. The number of rotatable bonds is 5. The number of carbonyl (C=O) groups excluding carboxylic acids is 1. The highest BCUT2D eigenvalue weighted by Gasteiger charge is 2.10. The molecule has 0 amide bonds. The smallest absolute Gasteiger partial charge is 0.302 e. The highest BCUT2D eigenvalue weighted by atomic mass is 16.5. The Morgan fingerprint density at radius 1 is 1.35 bits per heavy atom. The molecule has 0 N–H and O–H groups in total. The molecule has 0 aliphatic rings. The third-order valence-electron chi connectivity index (χ3n) is 2.44. The van der Waals surface area contributed by atoms with Gasteiger partial charge in [-0.25, -0.2) is 0 Å². The van der Waals surface area contributed by atoms with Gasteiger partial charge >= 0.3 is 5.97 Å². The van der Waals surface area contributed by atoms with Crippen molar-refractivity contribution in [3.8, 4) is 11.8 Å². The average molecular weight is 230 g/mol. The first-order valence-corrected chi connectivity index (χ1v) is 5.83. The molecule has 2 heteroatoms. The largest absolute Gasteiger partial charge is 0.462 e. The molecule has 1 aromatic rings. The Kier molecular flexibility index (Phi) is 5.88. The number of hydrogen-bond donors (Lipinski definition) is 0. The van der Waals surface area contributed by atoms with E-state index in [1.54, 1.807) is 6.92 Å². The zero-order chi connectivity index (χ0) is 12.5. The molecule has 1 unspecified atom stereocenters. The van der Waals surface area contributed by atoms with Crippen LogP contribution >= 0.6 is 0 Å². The predicted molar refractivity (Wildman–Crippen MR) is 68.4 cm³/mol. The predicted octanol–water partition coefficient (Wildman–Crippen LogP) is 2.96. The van der Waals surface area contributed by atoms with Gasteiger partial charge in [0.25, 0.3) is 0 Å². The molecule has 0 spiro atoms. The Bertz CT molecular complexity index is 398. The van der Waals surface area contributed by atoms with Gasteiger partial charge in [0.05, 0.1) is 0 Å². The van der Waals surface area contributed by atoms with Crippen LogP contribution in [0.4, 0.5) is 0 Å². The standard InChI is InChI=1S/C15H18O2/c1-3-4-10-15(17-13(2)16)12-11-14-8-6-5-7-9-14/h5-9,15H,10-12H2,1-2H3. The van der Waals surface area contributed by atoms with Crippen molar-refractivity contribution in [3.63, 3.8) is 0 Å². The average Bonchev–Trinajstić information content (AvgIpc) is 2.33. The van der Waals surface area contributed by atoms with Gasteiger partial charge in [0.15, 0.2) is 0 Å². The zero-order valence-electron chi connectivity index (χ0n) is 10.4. The summed E-state index contributed by atoms with van der Waals surface area (Å²) in [7, 11) is 0. The van der Waals surface area contributed by atoms with Gasteiger partial charge in [0, 0.05) is 13.3 Å². The summed E-state index contributed by atoms with van der Waals surface area (Å²) in [5.41, 5.74) is 1.26. The van der Waals surface area contributed by atoms with E-state index >= 15 is 0 Å². The maximum Gasteiger partial charge on any atom is 0.302 e. The van der Waals surface area contributed by atoms with Crippen LogP contribution in [0.1, 0.15) is 32.3 Å². The minimum atomic E-state index is -0.235. The van der Waals surface area contributed by atoms with Gasteiger partial charge in [-0.2, -0.15) is 0 Å². The first-order chi connectivity index (χ1) is 8.22. The van der Waals surface area contributed by atoms with E-state index in [4.69, 9.17) is 4.74 Å². The molecular weight excluding hydrogens is 212 g/mol. The van der Waals surface area contributed by atoms with Crippen LogP contribution in [0.5, 0.6) is 0 Å². The lowest BCUT2D eigenvalue weighted by molar-refractivity contribution is -0.146. The summed E-state index contributed by atoms with van der Waals surface area (Å²) >= 11 is 0. The van der Waals surface area contributed by atoms with Crippen LogP contribution in [0.2, 0.25) is 0 Å². The number of esters is 1. The first-order valence-electron chi connectivity index (χ1n) is 5.83. The number of carbonyl (C=O) groups is 1. The lowest BCUT2D eigenvalue weighted by Crippen LogP contribution is -2.16. The summed E-state index contributed by atoms with van der Waals surface area (Å²) in [5.74, 6) is 5.56. The van der Waals surface area contributed by atoms with Gasteiger partial charge in [0.1, 0.15) is 6.10 Å². The summed E-state index contributed by atoms with van der Waals surface area (Å²) in [6, 6.07) is 10.2. The SMILES string of the molecule is CC#CCC(CCc1ccccc1)OC(C)=O. The molecule has 0 saturated heterocycles. The normalized spacial score (nSPS) is 11.2. The van der Waals surface area contributed by atoms with E-state index in [1.807, 2.05) is 18.2 Å². The molecule has 0 bridgehead atoms. The van der Waals surface area contributed by atoms with Crippen molar-refractivity contribution in [2.45, 2.75) is 39.2 Å². The van der Waals surface area contributed by atoms with Gasteiger partial charge in [0.2, 0.25) is 0 Å². The number of aryl methyl sites for hydroxylation is 1. The van der Waals surface area contributed by atoms with Crippen LogP contribution in [0, 0.1) is 11.8 Å². The van der Waals surface area contributed by atoms with Crippen molar-refractivity contribution >= 4 is 5.97 Å². The van der Waals surface area contributed by atoms with Crippen molar-refractivity contribution in [2.24, 2.45) is 0 Å². The molecule has 0 fully saturated rings. The fourth-order valence-electron chi connectivity index (χ4n) is 1.63. The molecular formula is C15H18O2. The Morgan fingerprint density at radius 3 is 2.65 bits per heavy atom. The molecule has 17 heavy (non-hydrogen) atoms. The first kappa shape index (κ1) is 13.3. The number of hydrogen-bond acceptors (Lipinski definition) is 2. The van der Waals surface area contributed by atoms with E-state index in [0.29, 0.717) is 6.42 Å². The molecule has 0 aliphatic heterocycles. The minimum Gasteiger partial charge on any atom is -0.462 e. The number of ether oxygens (including phenoxy) is 1. The highest BCUT2D eigenvalue weighted by Crippen LogP contribution is 2.10. The third kappa shape index (κ3) is 5.77. The van der Waals surface area contributed by atoms with Crippen molar-refractivity contribution < 1.29 is 9.53 Å². The molecule has 0 radical (unpaired) electrons. The van der Waals surface area contributed by atoms with Gasteiger partial charge < -0.3 is 4.74 Å². The van der Waals surface area contributed by atoms with Crippen molar-refractivity contribution in [3.05, 3.63) is 35.9 Å². The van der Waals surface area contributed by atoms with E-state index in [-0.39, 0.29) is 12.1 Å². The quantitative estimate of drug-likeness (QED) is 0.574. The third-order valence-corrected chi connectivity index (χ3v) is 2.44. The molecule has 1 atom stereocenters. The van der Waals surface area contributed by atoms with Crippen LogP contribution in [-0.2, 0) is 16.0 Å². The Labute approximate surface area is 103 Å². The number of benzene rings is 1. The van der Waals surface area contributed by atoms with Gasteiger partial charge in [-0.1, -0.05) is 36.3 Å². The Balaban J connectivity index is 2.47. The summed E-state index contributed by atoms with van der Waals surface area (Å²) < 4.78 is 5.23. The van der Waals surface area contributed by atoms with Crippen LogP contribution in [-0.4, -0.2) is 12.1 Å². The maximum atomic E-state index is 11.0. The van der Waals surface area contributed by atoms with Crippen molar-refractivity contribution in [2.75, 3.05) is 0 Å². The lowest BCUT2D eigenvalue weighted by atomic mass is 10.1. The fraction of sp³-hybridized carbons (Fsp3) is 0.400. The van der Waals surface area contributed by atoms with Crippen LogP contribution in [0.3, 0.4) is 0 Å². The summed E-state index contributed by atoms with van der Waals surface area (Å²) in [5, 5.41) is 0. The Morgan fingerprint density at radius 2 is 2.06 bits per heavy atom. The van der Waals surface area contributed by atoms with E-state index in [2.05, 4.69) is 24.0 Å². The van der Waals surface area contributed by atoms with Crippen LogP contribution in [0.25, 0.3) is 0 Å². The second-order valence-corrected chi connectivity index (χ2v) is 3.89. The molecule has 0 saturated carbocycles. The zero-order valence-corrected chi connectivity index (χ0v) is 10.4. The highest BCUT2D eigenvalue weighted by molar-refractivity contribution is 5.66. The van der Waals surface area contributed by atoms with Crippen LogP contribution < -0.4 is 0 Å². The van der Waals surface area contributed by atoms with Gasteiger partial charge in [-0.15, -0.1) is 5.92 Å². The monoisotopic (exact) mass is 230 g/mol. The van der Waals surface area contributed by atoms with E-state index < -0.39 is 0 Å². The summed E-state index contributed by atoms with van der Waals surface area (Å²) in [6.45, 7) is 3.23. The molecule has 0 aromatic heterocycles. The molecule has 1 aromatic carbocycles. The van der Waals surface area contributed by atoms with Crippen molar-refractivity contribution in [1.29, 1.82) is 0 Å². The molecule has 90 valence electrons. The van der Waals surface area contributed by atoms with Crippen LogP contribution in [0.15, 0.2) is 30.3 Å². The van der Waals surface area contributed by atoms with E-state index in [9.17, 15) is 4.79 Å². The maximum absolute atomic E-state index is 11.0. The molecule has 0 aliphatic carbocycles.